The second kappa shape index (κ2) is 5.48. The number of aliphatic imine (C=N–C) groups is 1. The molecule has 1 amide bonds. The SMILES string of the molecule is CC(C)[C@@H](N=C1NS(=O)(=O)c2ccccc21)C(=O)N(C)C. The van der Waals surface area contributed by atoms with Crippen molar-refractivity contribution >= 4 is 21.8 Å². The van der Waals surface area contributed by atoms with Crippen molar-refractivity contribution in [3.05, 3.63) is 29.8 Å². The summed E-state index contributed by atoms with van der Waals surface area (Å²) in [4.78, 5) is 18.2. The van der Waals surface area contributed by atoms with Crippen LogP contribution in [0.2, 0.25) is 0 Å². The Labute approximate surface area is 124 Å². The summed E-state index contributed by atoms with van der Waals surface area (Å²) in [6, 6.07) is 5.99. The summed E-state index contributed by atoms with van der Waals surface area (Å²) in [5, 5.41) is 0. The highest BCUT2D eigenvalue weighted by molar-refractivity contribution is 7.90. The lowest BCUT2D eigenvalue weighted by Crippen LogP contribution is -2.37. The Hall–Kier alpha value is -1.89. The number of amidine groups is 1. The fourth-order valence-electron chi connectivity index (χ4n) is 2.12. The Morgan fingerprint density at radius 1 is 1.24 bits per heavy atom. The van der Waals surface area contributed by atoms with Crippen molar-refractivity contribution in [2.45, 2.75) is 24.8 Å². The van der Waals surface area contributed by atoms with Gasteiger partial charge in [0.1, 0.15) is 11.9 Å². The van der Waals surface area contributed by atoms with Gasteiger partial charge < -0.3 is 4.90 Å². The number of likely N-dealkylation sites (N-methyl/N-ethyl adjacent to an activating group) is 1. The third-order valence-electron chi connectivity index (χ3n) is 3.26. The van der Waals surface area contributed by atoms with Gasteiger partial charge in [-0.05, 0) is 18.1 Å². The number of rotatable bonds is 3. The number of benzene rings is 1. The first kappa shape index (κ1) is 15.5. The number of fused-ring (bicyclic) bond motifs is 1. The maximum atomic E-state index is 12.2. The van der Waals surface area contributed by atoms with E-state index in [9.17, 15) is 13.2 Å². The number of nitrogens with zero attached hydrogens (tertiary/aromatic N) is 2. The van der Waals surface area contributed by atoms with Gasteiger partial charge in [0.25, 0.3) is 10.0 Å². The number of amides is 1. The zero-order valence-corrected chi connectivity index (χ0v) is 13.3. The number of nitrogens with one attached hydrogen (secondary N) is 1. The molecule has 114 valence electrons. The monoisotopic (exact) mass is 309 g/mol. The molecule has 0 unspecified atom stereocenters. The van der Waals surface area contributed by atoms with E-state index < -0.39 is 16.1 Å². The van der Waals surface area contributed by atoms with Gasteiger partial charge in [-0.15, -0.1) is 0 Å². The number of sulfonamides is 1. The third-order valence-corrected chi connectivity index (χ3v) is 4.65. The molecule has 6 nitrogen and oxygen atoms in total. The summed E-state index contributed by atoms with van der Waals surface area (Å²) in [5.74, 6) is 0.0465. The van der Waals surface area contributed by atoms with Gasteiger partial charge in [-0.2, -0.15) is 0 Å². The van der Waals surface area contributed by atoms with Crippen LogP contribution in [-0.2, 0) is 14.8 Å². The van der Waals surface area contributed by atoms with Crippen molar-refractivity contribution in [1.29, 1.82) is 0 Å². The van der Waals surface area contributed by atoms with E-state index in [0.717, 1.165) is 0 Å². The van der Waals surface area contributed by atoms with Gasteiger partial charge in [-0.3, -0.25) is 14.5 Å². The summed E-state index contributed by atoms with van der Waals surface area (Å²) in [6.07, 6.45) is 0. The van der Waals surface area contributed by atoms with Crippen molar-refractivity contribution in [1.82, 2.24) is 9.62 Å². The predicted octanol–water partition coefficient (Wildman–Crippen LogP) is 0.838. The predicted molar refractivity (Wildman–Crippen MR) is 80.6 cm³/mol. The van der Waals surface area contributed by atoms with Crippen LogP contribution in [0, 0.1) is 5.92 Å². The molecular weight excluding hydrogens is 290 g/mol. The second-order valence-electron chi connectivity index (χ2n) is 5.50. The normalized spacial score (nSPS) is 19.2. The summed E-state index contributed by atoms with van der Waals surface area (Å²) in [6.45, 7) is 3.76. The summed E-state index contributed by atoms with van der Waals surface area (Å²) < 4.78 is 26.5. The zero-order chi connectivity index (χ0) is 15.8. The summed E-state index contributed by atoms with van der Waals surface area (Å²) in [5.41, 5.74) is 0.509. The number of hydrogen-bond acceptors (Lipinski definition) is 4. The van der Waals surface area contributed by atoms with Crippen molar-refractivity contribution in [2.24, 2.45) is 10.9 Å². The first-order chi connectivity index (χ1) is 9.74. The summed E-state index contributed by atoms with van der Waals surface area (Å²) >= 11 is 0. The highest BCUT2D eigenvalue weighted by Gasteiger charge is 2.32. The van der Waals surface area contributed by atoms with Crippen LogP contribution in [0.5, 0.6) is 0 Å². The Morgan fingerprint density at radius 2 is 1.86 bits per heavy atom. The molecule has 7 heteroatoms. The Balaban J connectivity index is 2.49. The largest absolute Gasteiger partial charge is 0.347 e. The maximum Gasteiger partial charge on any atom is 0.263 e. The van der Waals surface area contributed by atoms with E-state index in [0.29, 0.717) is 5.56 Å². The molecule has 0 radical (unpaired) electrons. The second-order valence-corrected chi connectivity index (χ2v) is 7.15. The minimum atomic E-state index is -3.58. The van der Waals surface area contributed by atoms with Crippen LogP contribution in [0.15, 0.2) is 34.2 Å². The van der Waals surface area contributed by atoms with Crippen LogP contribution in [0.3, 0.4) is 0 Å². The zero-order valence-electron chi connectivity index (χ0n) is 12.5. The van der Waals surface area contributed by atoms with E-state index in [-0.39, 0.29) is 22.6 Å². The molecule has 0 aliphatic carbocycles. The smallest absolute Gasteiger partial charge is 0.263 e. The fourth-order valence-corrected chi connectivity index (χ4v) is 3.36. The van der Waals surface area contributed by atoms with Gasteiger partial charge in [-0.25, -0.2) is 8.42 Å². The minimum absolute atomic E-state index is 0.0373. The van der Waals surface area contributed by atoms with Crippen LogP contribution in [0.25, 0.3) is 0 Å². The lowest BCUT2D eigenvalue weighted by Gasteiger charge is -2.20. The minimum Gasteiger partial charge on any atom is -0.347 e. The first-order valence-corrected chi connectivity index (χ1v) is 8.13. The van der Waals surface area contributed by atoms with E-state index in [1.807, 2.05) is 13.8 Å². The van der Waals surface area contributed by atoms with E-state index in [4.69, 9.17) is 0 Å². The molecule has 0 spiro atoms. The highest BCUT2D eigenvalue weighted by Crippen LogP contribution is 2.23. The summed E-state index contributed by atoms with van der Waals surface area (Å²) in [7, 11) is -0.263. The lowest BCUT2D eigenvalue weighted by atomic mass is 10.0. The Morgan fingerprint density at radius 3 is 2.43 bits per heavy atom. The number of carbonyl (C=O) groups is 1. The van der Waals surface area contributed by atoms with Crippen LogP contribution in [0.4, 0.5) is 0 Å². The van der Waals surface area contributed by atoms with Gasteiger partial charge in [0.2, 0.25) is 5.91 Å². The van der Waals surface area contributed by atoms with Crippen molar-refractivity contribution in [3.8, 4) is 0 Å². The third kappa shape index (κ3) is 2.92. The van der Waals surface area contributed by atoms with E-state index in [2.05, 4.69) is 9.71 Å². The van der Waals surface area contributed by atoms with Crippen molar-refractivity contribution in [2.75, 3.05) is 14.1 Å². The van der Waals surface area contributed by atoms with Crippen LogP contribution < -0.4 is 4.72 Å². The molecule has 2 rings (SSSR count). The molecule has 0 bridgehead atoms. The molecule has 1 aromatic carbocycles. The topological polar surface area (TPSA) is 78.8 Å². The van der Waals surface area contributed by atoms with E-state index in [1.54, 1.807) is 32.3 Å². The van der Waals surface area contributed by atoms with Crippen molar-refractivity contribution < 1.29 is 13.2 Å². The quantitative estimate of drug-likeness (QED) is 0.898. The first-order valence-electron chi connectivity index (χ1n) is 6.65. The molecule has 1 aliphatic heterocycles. The molecule has 1 aromatic rings. The molecule has 0 saturated heterocycles. The van der Waals surface area contributed by atoms with Crippen molar-refractivity contribution in [3.63, 3.8) is 0 Å². The molecule has 1 N–H and O–H groups in total. The molecule has 1 aliphatic rings. The average molecular weight is 309 g/mol. The fraction of sp³-hybridized carbons (Fsp3) is 0.429. The van der Waals surface area contributed by atoms with E-state index in [1.165, 1.54) is 11.0 Å². The molecular formula is C14H19N3O3S. The Bertz CT molecular complexity index is 693. The number of hydrogen-bond donors (Lipinski definition) is 1. The molecule has 1 heterocycles. The van der Waals surface area contributed by atoms with Gasteiger partial charge in [0.15, 0.2) is 0 Å². The van der Waals surface area contributed by atoms with Crippen LogP contribution in [-0.4, -0.2) is 45.2 Å². The molecule has 0 aromatic heterocycles. The standard InChI is InChI=1S/C14H19N3O3S/c1-9(2)12(14(18)17(3)4)15-13-10-7-5-6-8-11(10)21(19,20)16-13/h5-9,12H,1-4H3,(H,15,16)/t12-/m1/s1. The Kier molecular flexibility index (Phi) is 4.04. The molecule has 0 fully saturated rings. The lowest BCUT2D eigenvalue weighted by molar-refractivity contribution is -0.130. The van der Waals surface area contributed by atoms with Gasteiger partial charge >= 0.3 is 0 Å². The molecule has 1 atom stereocenters. The molecule has 0 saturated carbocycles. The number of carbonyl (C=O) groups excluding carboxylic acids is 1. The maximum absolute atomic E-state index is 12.2. The molecule has 21 heavy (non-hydrogen) atoms. The van der Waals surface area contributed by atoms with Gasteiger partial charge in [0.05, 0.1) is 4.90 Å². The van der Waals surface area contributed by atoms with Crippen LogP contribution >= 0.6 is 0 Å². The average Bonchev–Trinajstić information content (AvgIpc) is 2.67. The van der Waals surface area contributed by atoms with Gasteiger partial charge in [0, 0.05) is 19.7 Å². The highest BCUT2D eigenvalue weighted by atomic mass is 32.2. The van der Waals surface area contributed by atoms with Gasteiger partial charge in [-0.1, -0.05) is 26.0 Å². The van der Waals surface area contributed by atoms with Crippen LogP contribution in [0.1, 0.15) is 19.4 Å². The van der Waals surface area contributed by atoms with E-state index >= 15 is 0 Å².